The lowest BCUT2D eigenvalue weighted by Gasteiger charge is -2.47. The summed E-state index contributed by atoms with van der Waals surface area (Å²) in [6.45, 7) is 8.10. The second kappa shape index (κ2) is 6.76. The predicted molar refractivity (Wildman–Crippen MR) is 78.0 cm³/mol. The molecule has 1 saturated heterocycles. The summed E-state index contributed by atoms with van der Waals surface area (Å²) in [6, 6.07) is 0.219. The van der Waals surface area contributed by atoms with Gasteiger partial charge in [0.25, 0.3) is 0 Å². The molecule has 0 aromatic carbocycles. The van der Waals surface area contributed by atoms with Crippen LogP contribution in [-0.2, 0) is 11.2 Å². The van der Waals surface area contributed by atoms with Crippen LogP contribution in [0.4, 0.5) is 0 Å². The van der Waals surface area contributed by atoms with Crippen LogP contribution < -0.4 is 11.3 Å². The quantitative estimate of drug-likeness (QED) is 0.603. The smallest absolute Gasteiger partial charge is 0.0794 e. The summed E-state index contributed by atoms with van der Waals surface area (Å²) in [5.41, 5.74) is 4.95. The van der Waals surface area contributed by atoms with E-state index in [0.717, 1.165) is 39.1 Å². The molecule has 2 atom stereocenters. The van der Waals surface area contributed by atoms with E-state index in [4.69, 9.17) is 10.6 Å². The van der Waals surface area contributed by atoms with Gasteiger partial charge >= 0.3 is 0 Å². The lowest BCUT2D eigenvalue weighted by Crippen LogP contribution is -2.63. The van der Waals surface area contributed by atoms with E-state index in [1.54, 1.807) is 11.3 Å². The molecule has 2 rings (SSSR count). The number of hydrogen-bond donors (Lipinski definition) is 2. The monoisotopic (exact) mass is 284 g/mol. The predicted octanol–water partition coefficient (Wildman–Crippen LogP) is 1.02. The van der Waals surface area contributed by atoms with E-state index >= 15 is 0 Å². The van der Waals surface area contributed by atoms with Crippen LogP contribution in [0, 0.1) is 0 Å². The minimum absolute atomic E-state index is 0.0442. The number of hydrazine groups is 1. The third kappa shape index (κ3) is 3.32. The van der Waals surface area contributed by atoms with Crippen molar-refractivity contribution < 1.29 is 4.74 Å². The fourth-order valence-corrected chi connectivity index (χ4v) is 3.41. The minimum Gasteiger partial charge on any atom is -0.379 e. The Balaban J connectivity index is 2.11. The van der Waals surface area contributed by atoms with Crippen molar-refractivity contribution in [2.75, 3.05) is 26.3 Å². The van der Waals surface area contributed by atoms with Crippen LogP contribution in [0.3, 0.4) is 0 Å². The van der Waals surface area contributed by atoms with E-state index in [9.17, 15) is 0 Å². The van der Waals surface area contributed by atoms with Gasteiger partial charge in [-0.05, 0) is 13.3 Å². The summed E-state index contributed by atoms with van der Waals surface area (Å²) in [5, 5.41) is 0. The molecule has 0 aliphatic carbocycles. The van der Waals surface area contributed by atoms with Crippen LogP contribution >= 0.6 is 11.3 Å². The molecule has 2 unspecified atom stereocenters. The molecule has 1 aliphatic rings. The van der Waals surface area contributed by atoms with E-state index in [1.165, 1.54) is 4.88 Å². The number of nitrogens with one attached hydrogen (secondary N) is 1. The number of ether oxygens (including phenoxy) is 1. The van der Waals surface area contributed by atoms with Crippen molar-refractivity contribution in [1.29, 1.82) is 0 Å². The van der Waals surface area contributed by atoms with Crippen molar-refractivity contribution in [2.45, 2.75) is 38.3 Å². The van der Waals surface area contributed by atoms with E-state index < -0.39 is 0 Å². The average molecular weight is 284 g/mol. The standard InChI is InChI=1S/C13H24N4OS/c1-3-13(2,17-4-6-18-7-5-17)12(16-14)8-11-9-15-10-19-11/h9-10,12,16H,3-8,14H2,1-2H3. The Morgan fingerprint density at radius 1 is 1.58 bits per heavy atom. The first-order valence-electron chi connectivity index (χ1n) is 6.87. The first-order valence-corrected chi connectivity index (χ1v) is 7.75. The third-order valence-electron chi connectivity index (χ3n) is 4.29. The highest BCUT2D eigenvalue weighted by Crippen LogP contribution is 2.27. The Kier molecular flexibility index (Phi) is 5.29. The van der Waals surface area contributed by atoms with E-state index in [0.29, 0.717) is 0 Å². The summed E-state index contributed by atoms with van der Waals surface area (Å²) < 4.78 is 5.46. The Morgan fingerprint density at radius 3 is 2.84 bits per heavy atom. The number of aromatic nitrogens is 1. The summed E-state index contributed by atoms with van der Waals surface area (Å²) in [6.07, 6.45) is 3.91. The van der Waals surface area contributed by atoms with Crippen molar-refractivity contribution >= 4 is 11.3 Å². The van der Waals surface area contributed by atoms with Crippen LogP contribution in [0.25, 0.3) is 0 Å². The molecular formula is C13H24N4OS. The molecule has 0 saturated carbocycles. The van der Waals surface area contributed by atoms with Crippen molar-refractivity contribution in [1.82, 2.24) is 15.3 Å². The SMILES string of the molecule is CCC(C)(C(Cc1cncs1)NN)N1CCOCC1. The molecule has 0 amide bonds. The molecule has 19 heavy (non-hydrogen) atoms. The zero-order valence-corrected chi connectivity index (χ0v) is 12.6. The number of nitrogens with zero attached hydrogens (tertiary/aromatic N) is 2. The van der Waals surface area contributed by atoms with Gasteiger partial charge < -0.3 is 4.74 Å². The lowest BCUT2D eigenvalue weighted by atomic mass is 9.85. The number of nitrogens with two attached hydrogens (primary N) is 1. The van der Waals surface area contributed by atoms with Gasteiger partial charge in [-0.15, -0.1) is 11.3 Å². The number of thiazole rings is 1. The van der Waals surface area contributed by atoms with Gasteiger partial charge in [-0.25, -0.2) is 0 Å². The molecule has 0 radical (unpaired) electrons. The first-order chi connectivity index (χ1) is 9.20. The first kappa shape index (κ1) is 14.9. The Morgan fingerprint density at radius 2 is 2.32 bits per heavy atom. The number of hydrogen-bond acceptors (Lipinski definition) is 6. The largest absolute Gasteiger partial charge is 0.379 e. The maximum Gasteiger partial charge on any atom is 0.0794 e. The third-order valence-corrected chi connectivity index (χ3v) is 5.09. The van der Waals surface area contributed by atoms with Gasteiger partial charge in [0.15, 0.2) is 0 Å². The second-order valence-electron chi connectivity index (χ2n) is 5.20. The summed E-state index contributed by atoms with van der Waals surface area (Å²) in [4.78, 5) is 7.92. The summed E-state index contributed by atoms with van der Waals surface area (Å²) >= 11 is 1.69. The Bertz CT molecular complexity index is 367. The molecule has 3 N–H and O–H groups in total. The Hall–Kier alpha value is -0.530. The summed E-state index contributed by atoms with van der Waals surface area (Å²) in [7, 11) is 0. The maximum atomic E-state index is 5.83. The van der Waals surface area contributed by atoms with Crippen LogP contribution in [0.5, 0.6) is 0 Å². The summed E-state index contributed by atoms with van der Waals surface area (Å²) in [5.74, 6) is 5.83. The zero-order valence-electron chi connectivity index (χ0n) is 11.8. The molecule has 1 fully saturated rings. The van der Waals surface area contributed by atoms with Crippen LogP contribution in [0.2, 0.25) is 0 Å². The molecule has 1 aliphatic heterocycles. The van der Waals surface area contributed by atoms with E-state index in [-0.39, 0.29) is 11.6 Å². The van der Waals surface area contributed by atoms with Crippen molar-refractivity contribution in [3.05, 3.63) is 16.6 Å². The lowest BCUT2D eigenvalue weighted by molar-refractivity contribution is -0.0321. The molecular weight excluding hydrogens is 260 g/mol. The topological polar surface area (TPSA) is 63.4 Å². The Labute approximate surface area is 119 Å². The molecule has 0 spiro atoms. The van der Waals surface area contributed by atoms with Crippen LogP contribution in [0.15, 0.2) is 11.7 Å². The zero-order chi connectivity index (χ0) is 13.7. The molecule has 2 heterocycles. The normalized spacial score (nSPS) is 22.1. The fourth-order valence-electron chi connectivity index (χ4n) is 2.77. The molecule has 5 nitrogen and oxygen atoms in total. The average Bonchev–Trinajstić information content (AvgIpc) is 2.98. The van der Waals surface area contributed by atoms with Gasteiger partial charge in [-0.1, -0.05) is 6.92 Å². The highest BCUT2D eigenvalue weighted by atomic mass is 32.1. The van der Waals surface area contributed by atoms with Crippen LogP contribution in [-0.4, -0.2) is 47.8 Å². The fraction of sp³-hybridized carbons (Fsp3) is 0.769. The van der Waals surface area contributed by atoms with Gasteiger partial charge in [0.1, 0.15) is 0 Å². The van der Waals surface area contributed by atoms with Crippen LogP contribution in [0.1, 0.15) is 25.1 Å². The van der Waals surface area contributed by atoms with Gasteiger partial charge in [0, 0.05) is 42.2 Å². The number of morpholine rings is 1. The van der Waals surface area contributed by atoms with E-state index in [1.807, 2.05) is 11.7 Å². The minimum atomic E-state index is 0.0442. The molecule has 6 heteroatoms. The van der Waals surface area contributed by atoms with Gasteiger partial charge in [-0.2, -0.15) is 0 Å². The molecule has 1 aromatic heterocycles. The van der Waals surface area contributed by atoms with E-state index in [2.05, 4.69) is 29.2 Å². The maximum absolute atomic E-state index is 5.83. The van der Waals surface area contributed by atoms with Gasteiger partial charge in [0.2, 0.25) is 0 Å². The molecule has 1 aromatic rings. The molecule has 108 valence electrons. The second-order valence-corrected chi connectivity index (χ2v) is 6.17. The van der Waals surface area contributed by atoms with Crippen molar-refractivity contribution in [3.63, 3.8) is 0 Å². The van der Waals surface area contributed by atoms with Gasteiger partial charge in [0.05, 0.1) is 18.7 Å². The number of rotatable bonds is 6. The van der Waals surface area contributed by atoms with Crippen molar-refractivity contribution in [3.8, 4) is 0 Å². The van der Waals surface area contributed by atoms with Gasteiger partial charge in [-0.3, -0.25) is 21.2 Å². The van der Waals surface area contributed by atoms with Crippen molar-refractivity contribution in [2.24, 2.45) is 5.84 Å². The highest BCUT2D eigenvalue weighted by Gasteiger charge is 2.38. The molecule has 0 bridgehead atoms. The highest BCUT2D eigenvalue weighted by molar-refractivity contribution is 7.09.